The van der Waals surface area contributed by atoms with Gasteiger partial charge in [-0.25, -0.2) is 0 Å². The van der Waals surface area contributed by atoms with Gasteiger partial charge in [0.1, 0.15) is 0 Å². The van der Waals surface area contributed by atoms with Gasteiger partial charge in [-0.2, -0.15) is 0 Å². The molecular formula is C14H18I2NO4-. The fourth-order valence-corrected chi connectivity index (χ4v) is 7.54. The molecule has 2 aliphatic carbocycles. The zero-order chi connectivity index (χ0) is 14.8. The summed E-state index contributed by atoms with van der Waals surface area (Å²) >= 11 is 2.23. The van der Waals surface area contributed by atoms with Gasteiger partial charge in [-0.15, -0.1) is 0 Å². The molecule has 4 rings (SSSR count). The van der Waals surface area contributed by atoms with Crippen LogP contribution in [0.15, 0.2) is 0 Å². The third-order valence-corrected chi connectivity index (χ3v) is 10.3. The Labute approximate surface area is 148 Å². The Morgan fingerprint density at radius 1 is 1.57 bits per heavy atom. The third-order valence-electron chi connectivity index (χ3n) is 5.53. The van der Waals surface area contributed by atoms with Crippen LogP contribution in [0.1, 0.15) is 32.6 Å². The second kappa shape index (κ2) is 4.93. The molecule has 6 atom stereocenters. The van der Waals surface area contributed by atoms with Crippen molar-refractivity contribution in [2.45, 2.75) is 46.2 Å². The van der Waals surface area contributed by atoms with Crippen molar-refractivity contribution >= 4 is 34.5 Å². The van der Waals surface area contributed by atoms with Crippen molar-refractivity contribution in [3.05, 3.63) is 0 Å². The Balaban J connectivity index is 1.40. The van der Waals surface area contributed by atoms with E-state index in [0.717, 1.165) is 19.3 Å². The molecule has 1 N–H and O–H groups in total. The molecule has 0 radical (unpaired) electrons. The summed E-state index contributed by atoms with van der Waals surface area (Å²) in [5.74, 6) is 0.781. The summed E-state index contributed by atoms with van der Waals surface area (Å²) in [6, 6.07) is 0. The summed E-state index contributed by atoms with van der Waals surface area (Å²) in [6.45, 7) is 2.55. The Hall–Kier alpha value is 0.360. The van der Waals surface area contributed by atoms with Gasteiger partial charge < -0.3 is 0 Å². The van der Waals surface area contributed by atoms with Gasteiger partial charge in [-0.1, -0.05) is 0 Å². The summed E-state index contributed by atoms with van der Waals surface area (Å²) in [6.07, 6.45) is 3.59. The maximum absolute atomic E-state index is 12.4. The summed E-state index contributed by atoms with van der Waals surface area (Å²) in [4.78, 5) is 23.9. The molecule has 1 spiro atoms. The average Bonchev–Trinajstić information content (AvgIpc) is 3.04. The summed E-state index contributed by atoms with van der Waals surface area (Å²) < 4.78 is 14.3. The first-order valence-corrected chi connectivity index (χ1v) is 10.7. The topological polar surface area (TPSA) is 74.5 Å². The van der Waals surface area contributed by atoms with E-state index in [2.05, 4.69) is 26.1 Å². The van der Waals surface area contributed by atoms with Gasteiger partial charge in [-0.05, 0) is 0 Å². The predicted octanol–water partition coefficient (Wildman–Crippen LogP) is -1.61. The van der Waals surface area contributed by atoms with Crippen molar-refractivity contribution < 1.29 is 40.5 Å². The zero-order valence-corrected chi connectivity index (χ0v) is 16.0. The van der Waals surface area contributed by atoms with Crippen LogP contribution in [0.2, 0.25) is 0 Å². The number of hydrogen-bond donors (Lipinski definition) is 1. The minimum atomic E-state index is -0.420. The van der Waals surface area contributed by atoms with Crippen LogP contribution in [0.25, 0.3) is 0 Å². The number of hydrogen-bond acceptors (Lipinski definition) is 5. The molecule has 118 valence electrons. The normalized spacial score (nSPS) is 46.9. The molecule has 2 bridgehead atoms. The van der Waals surface area contributed by atoms with Crippen LogP contribution in [-0.4, -0.2) is 32.1 Å². The number of ether oxygens (including phenoxy) is 2. The Kier molecular flexibility index (Phi) is 3.50. The molecule has 21 heavy (non-hydrogen) atoms. The number of rotatable bonds is 3. The van der Waals surface area contributed by atoms with Crippen molar-refractivity contribution in [3.8, 4) is 0 Å². The van der Waals surface area contributed by atoms with Crippen molar-refractivity contribution in [1.29, 1.82) is 0 Å². The van der Waals surface area contributed by atoms with Gasteiger partial charge in [0.05, 0.1) is 0 Å². The van der Waals surface area contributed by atoms with Crippen LogP contribution in [0, 0.1) is 17.3 Å². The average molecular weight is 518 g/mol. The van der Waals surface area contributed by atoms with Crippen molar-refractivity contribution in [1.82, 2.24) is 3.53 Å². The van der Waals surface area contributed by atoms with Crippen molar-refractivity contribution in [3.63, 3.8) is 0 Å². The first-order chi connectivity index (χ1) is 9.91. The Morgan fingerprint density at radius 2 is 2.33 bits per heavy atom. The van der Waals surface area contributed by atoms with E-state index in [1.807, 2.05) is 6.92 Å². The van der Waals surface area contributed by atoms with Crippen molar-refractivity contribution in [2.75, 3.05) is 6.61 Å². The van der Waals surface area contributed by atoms with E-state index in [9.17, 15) is 9.59 Å². The van der Waals surface area contributed by atoms with E-state index < -0.39 is 3.42 Å². The number of alkyl halides is 2. The quantitative estimate of drug-likeness (QED) is 0.122. The first-order valence-electron chi connectivity index (χ1n) is 7.34. The second-order valence-corrected chi connectivity index (χ2v) is 11.7. The minimum absolute atomic E-state index is 0.00531. The molecule has 6 unspecified atom stereocenters. The van der Waals surface area contributed by atoms with E-state index in [0.29, 0.717) is 28.9 Å². The number of esters is 2. The van der Waals surface area contributed by atoms with E-state index in [1.165, 1.54) is 0 Å². The van der Waals surface area contributed by atoms with Gasteiger partial charge in [0.2, 0.25) is 0 Å². The van der Waals surface area contributed by atoms with E-state index in [-0.39, 0.29) is 44.9 Å². The van der Waals surface area contributed by atoms with E-state index in [4.69, 9.17) is 9.47 Å². The molecule has 7 heteroatoms. The van der Waals surface area contributed by atoms with Crippen LogP contribution < -0.4 is 25.0 Å². The van der Waals surface area contributed by atoms with Crippen LogP contribution in [-0.2, 0) is 19.1 Å². The molecule has 4 aliphatic rings. The molecule has 2 heterocycles. The number of cyclic esters (lactones) is 1. The van der Waals surface area contributed by atoms with E-state index in [1.54, 1.807) is 0 Å². The molecule has 2 saturated carbocycles. The van der Waals surface area contributed by atoms with Gasteiger partial charge in [-0.3, -0.25) is 0 Å². The van der Waals surface area contributed by atoms with Crippen LogP contribution >= 0.6 is 22.6 Å². The fourth-order valence-electron chi connectivity index (χ4n) is 4.23. The summed E-state index contributed by atoms with van der Waals surface area (Å²) in [5.41, 5.74) is 0.0574. The fraction of sp³-hybridized carbons (Fsp3) is 0.857. The molecule has 2 aliphatic heterocycles. The molecule has 4 fully saturated rings. The van der Waals surface area contributed by atoms with Gasteiger partial charge in [0.25, 0.3) is 0 Å². The number of halogens is 2. The second-order valence-electron chi connectivity index (χ2n) is 6.93. The van der Waals surface area contributed by atoms with Gasteiger partial charge in [0.15, 0.2) is 0 Å². The number of nitrogens with one attached hydrogen (secondary N) is 1. The van der Waals surface area contributed by atoms with Crippen LogP contribution in [0.5, 0.6) is 0 Å². The monoisotopic (exact) mass is 518 g/mol. The predicted molar refractivity (Wildman–Crippen MR) is 78.1 cm³/mol. The molecule has 5 nitrogen and oxygen atoms in total. The Bertz CT molecular complexity index is 507. The number of carbonyl (C=O) groups excluding carboxylic acids is 2. The summed E-state index contributed by atoms with van der Waals surface area (Å²) in [7, 11) is 0. The van der Waals surface area contributed by atoms with Crippen LogP contribution in [0.3, 0.4) is 0 Å². The van der Waals surface area contributed by atoms with Crippen molar-refractivity contribution in [2.24, 2.45) is 17.3 Å². The molecule has 0 amide bonds. The van der Waals surface area contributed by atoms with Gasteiger partial charge in [0, 0.05) is 0 Å². The maximum atomic E-state index is 12.4. The standard InChI is InChI=1S/C14H18I2NO4/c1-13(15,11-16-17-11)12(19)21-9-3-8-2-7(9)4-14(8)5-10(18)20-6-14/h7-9,11,17H,2-6H2,1H3/q-1. The third kappa shape index (κ3) is 2.41. The first kappa shape index (κ1) is 14.9. The molecule has 0 aromatic carbocycles. The SMILES string of the molecule is CC(I)(C(=O)OC1CC2CC1CC21COC(=O)C1)C1N[I-]1. The van der Waals surface area contributed by atoms with E-state index >= 15 is 0 Å². The summed E-state index contributed by atoms with van der Waals surface area (Å²) in [5, 5.41) is 0. The molecule has 0 aromatic rings. The zero-order valence-electron chi connectivity index (χ0n) is 11.7. The number of fused-ring (bicyclic) bond motifs is 3. The molecule has 0 aromatic heterocycles. The number of carbonyl (C=O) groups is 2. The molecule has 2 saturated heterocycles. The Morgan fingerprint density at radius 3 is 2.86 bits per heavy atom. The van der Waals surface area contributed by atoms with Gasteiger partial charge >= 0.3 is 149 Å². The van der Waals surface area contributed by atoms with Crippen LogP contribution in [0.4, 0.5) is 0 Å². The molecular weight excluding hydrogens is 500 g/mol.